The van der Waals surface area contributed by atoms with Gasteiger partial charge in [-0.2, -0.15) is 0 Å². The molecule has 1 aliphatic heterocycles. The first-order chi connectivity index (χ1) is 9.75. The Morgan fingerprint density at radius 1 is 0.900 bits per heavy atom. The molecule has 1 saturated heterocycles. The molecule has 2 atom stereocenters. The zero-order valence-electron chi connectivity index (χ0n) is 12.3. The SMILES string of the molecule is CC(C)c1ccc(C2CCNC2c2ccccc2)cc1. The van der Waals surface area contributed by atoms with Crippen molar-refractivity contribution in [1.29, 1.82) is 0 Å². The lowest BCUT2D eigenvalue weighted by Gasteiger charge is -2.21. The van der Waals surface area contributed by atoms with Crippen molar-refractivity contribution >= 4 is 0 Å². The van der Waals surface area contributed by atoms with Crippen LogP contribution in [0.25, 0.3) is 0 Å². The molecule has 0 bridgehead atoms. The van der Waals surface area contributed by atoms with Gasteiger partial charge in [0.1, 0.15) is 0 Å². The van der Waals surface area contributed by atoms with Crippen molar-refractivity contribution in [3.05, 3.63) is 71.3 Å². The first-order valence-corrected chi connectivity index (χ1v) is 7.64. The van der Waals surface area contributed by atoms with Gasteiger partial charge in [-0.3, -0.25) is 0 Å². The van der Waals surface area contributed by atoms with Crippen LogP contribution in [-0.4, -0.2) is 6.54 Å². The van der Waals surface area contributed by atoms with E-state index in [1.54, 1.807) is 0 Å². The van der Waals surface area contributed by atoms with E-state index in [0.717, 1.165) is 6.54 Å². The van der Waals surface area contributed by atoms with Gasteiger partial charge in [-0.05, 0) is 35.6 Å². The predicted octanol–water partition coefficient (Wildman–Crippen LogP) is 4.63. The molecule has 1 fully saturated rings. The fourth-order valence-electron chi connectivity index (χ4n) is 3.20. The van der Waals surface area contributed by atoms with E-state index in [4.69, 9.17) is 0 Å². The zero-order valence-corrected chi connectivity index (χ0v) is 12.3. The van der Waals surface area contributed by atoms with Crippen molar-refractivity contribution in [2.45, 2.75) is 38.1 Å². The van der Waals surface area contributed by atoms with Crippen molar-refractivity contribution < 1.29 is 0 Å². The van der Waals surface area contributed by atoms with Crippen LogP contribution in [0.4, 0.5) is 0 Å². The maximum absolute atomic E-state index is 3.66. The van der Waals surface area contributed by atoms with E-state index in [1.165, 1.54) is 23.1 Å². The van der Waals surface area contributed by atoms with Crippen LogP contribution in [0.2, 0.25) is 0 Å². The van der Waals surface area contributed by atoms with Crippen molar-refractivity contribution in [2.75, 3.05) is 6.54 Å². The van der Waals surface area contributed by atoms with Gasteiger partial charge in [0.05, 0.1) is 0 Å². The molecule has 1 heterocycles. The van der Waals surface area contributed by atoms with Crippen molar-refractivity contribution in [3.8, 4) is 0 Å². The van der Waals surface area contributed by atoms with Crippen LogP contribution < -0.4 is 5.32 Å². The van der Waals surface area contributed by atoms with E-state index in [0.29, 0.717) is 17.9 Å². The number of hydrogen-bond acceptors (Lipinski definition) is 1. The minimum absolute atomic E-state index is 0.459. The first-order valence-electron chi connectivity index (χ1n) is 7.64. The average Bonchev–Trinajstić information content (AvgIpc) is 2.97. The highest BCUT2D eigenvalue weighted by atomic mass is 15.0. The average molecular weight is 265 g/mol. The third-order valence-electron chi connectivity index (χ3n) is 4.41. The van der Waals surface area contributed by atoms with Gasteiger partial charge in [0.15, 0.2) is 0 Å². The van der Waals surface area contributed by atoms with Crippen LogP contribution in [0.5, 0.6) is 0 Å². The predicted molar refractivity (Wildman–Crippen MR) is 85.1 cm³/mol. The van der Waals surface area contributed by atoms with Gasteiger partial charge in [-0.15, -0.1) is 0 Å². The summed E-state index contributed by atoms with van der Waals surface area (Å²) in [5.74, 6) is 1.20. The zero-order chi connectivity index (χ0) is 13.9. The molecule has 20 heavy (non-hydrogen) atoms. The molecular weight excluding hydrogens is 242 g/mol. The Balaban J connectivity index is 1.85. The van der Waals surface area contributed by atoms with Crippen LogP contribution >= 0.6 is 0 Å². The van der Waals surface area contributed by atoms with Crippen LogP contribution in [0, 0.1) is 0 Å². The van der Waals surface area contributed by atoms with Crippen LogP contribution in [0.15, 0.2) is 54.6 Å². The van der Waals surface area contributed by atoms with Crippen LogP contribution in [0.1, 0.15) is 54.8 Å². The van der Waals surface area contributed by atoms with Crippen molar-refractivity contribution in [2.24, 2.45) is 0 Å². The lowest BCUT2D eigenvalue weighted by Crippen LogP contribution is -2.16. The molecular formula is C19H23N. The normalized spacial score (nSPS) is 22.4. The molecule has 1 nitrogen and oxygen atoms in total. The van der Waals surface area contributed by atoms with E-state index in [9.17, 15) is 0 Å². The molecule has 0 spiro atoms. The highest BCUT2D eigenvalue weighted by Gasteiger charge is 2.29. The third kappa shape index (κ3) is 2.64. The van der Waals surface area contributed by atoms with Gasteiger partial charge in [0, 0.05) is 12.0 Å². The van der Waals surface area contributed by atoms with Crippen molar-refractivity contribution in [1.82, 2.24) is 5.32 Å². The third-order valence-corrected chi connectivity index (χ3v) is 4.41. The summed E-state index contributed by atoms with van der Waals surface area (Å²) < 4.78 is 0. The van der Waals surface area contributed by atoms with E-state index in [1.807, 2.05) is 0 Å². The van der Waals surface area contributed by atoms with E-state index < -0.39 is 0 Å². The lowest BCUT2D eigenvalue weighted by molar-refractivity contribution is 0.578. The molecule has 0 amide bonds. The fraction of sp³-hybridized carbons (Fsp3) is 0.368. The molecule has 2 aromatic rings. The summed E-state index contributed by atoms with van der Waals surface area (Å²) in [5, 5.41) is 3.66. The standard InChI is InChI=1S/C19H23N/c1-14(2)15-8-10-16(11-9-15)18-12-13-20-19(18)17-6-4-3-5-7-17/h3-11,14,18-20H,12-13H2,1-2H3. The van der Waals surface area contributed by atoms with Gasteiger partial charge >= 0.3 is 0 Å². The quantitative estimate of drug-likeness (QED) is 0.853. The summed E-state index contributed by atoms with van der Waals surface area (Å²) in [6.07, 6.45) is 1.22. The number of nitrogens with one attached hydrogen (secondary N) is 1. The summed E-state index contributed by atoms with van der Waals surface area (Å²) in [4.78, 5) is 0. The van der Waals surface area contributed by atoms with Crippen molar-refractivity contribution in [3.63, 3.8) is 0 Å². The van der Waals surface area contributed by atoms with E-state index in [-0.39, 0.29) is 0 Å². The van der Waals surface area contributed by atoms with Crippen LogP contribution in [0.3, 0.4) is 0 Å². The van der Waals surface area contributed by atoms with Crippen LogP contribution in [-0.2, 0) is 0 Å². The second-order valence-electron chi connectivity index (χ2n) is 6.06. The first kappa shape index (κ1) is 13.4. The minimum atomic E-state index is 0.459. The van der Waals surface area contributed by atoms with Gasteiger partial charge in [-0.1, -0.05) is 68.4 Å². The van der Waals surface area contributed by atoms with Gasteiger partial charge < -0.3 is 5.32 Å². The minimum Gasteiger partial charge on any atom is -0.309 e. The van der Waals surface area contributed by atoms with Gasteiger partial charge in [0.25, 0.3) is 0 Å². The Morgan fingerprint density at radius 3 is 2.25 bits per heavy atom. The Bertz CT molecular complexity index is 542. The Kier molecular flexibility index (Phi) is 3.88. The molecule has 104 valence electrons. The summed E-state index contributed by atoms with van der Waals surface area (Å²) in [6.45, 7) is 5.61. The Morgan fingerprint density at radius 2 is 1.60 bits per heavy atom. The maximum atomic E-state index is 3.66. The lowest BCUT2D eigenvalue weighted by atomic mass is 9.87. The number of rotatable bonds is 3. The summed E-state index contributed by atoms with van der Waals surface area (Å²) >= 11 is 0. The molecule has 2 unspecified atom stereocenters. The van der Waals surface area contributed by atoms with Gasteiger partial charge in [0.2, 0.25) is 0 Å². The molecule has 0 saturated carbocycles. The van der Waals surface area contributed by atoms with E-state index in [2.05, 4.69) is 73.8 Å². The fourth-order valence-corrected chi connectivity index (χ4v) is 3.20. The molecule has 0 radical (unpaired) electrons. The second-order valence-corrected chi connectivity index (χ2v) is 6.06. The second kappa shape index (κ2) is 5.80. The largest absolute Gasteiger partial charge is 0.309 e. The molecule has 1 aliphatic rings. The molecule has 3 rings (SSSR count). The summed E-state index contributed by atoms with van der Waals surface area (Å²) in [5.41, 5.74) is 4.30. The highest BCUT2D eigenvalue weighted by molar-refractivity contribution is 5.32. The molecule has 1 heteroatoms. The van der Waals surface area contributed by atoms with E-state index >= 15 is 0 Å². The Hall–Kier alpha value is -1.60. The summed E-state index contributed by atoms with van der Waals surface area (Å²) in [7, 11) is 0. The maximum Gasteiger partial charge on any atom is 0.0390 e. The number of hydrogen-bond donors (Lipinski definition) is 1. The molecule has 2 aromatic carbocycles. The smallest absolute Gasteiger partial charge is 0.0390 e. The topological polar surface area (TPSA) is 12.0 Å². The highest BCUT2D eigenvalue weighted by Crippen LogP contribution is 2.37. The molecule has 1 N–H and O–H groups in total. The summed E-state index contributed by atoms with van der Waals surface area (Å²) in [6, 6.07) is 20.5. The number of benzene rings is 2. The molecule has 0 aromatic heterocycles. The Labute approximate surface area is 122 Å². The van der Waals surface area contributed by atoms with Gasteiger partial charge in [-0.25, -0.2) is 0 Å². The monoisotopic (exact) mass is 265 g/mol. The molecule has 0 aliphatic carbocycles.